The van der Waals surface area contributed by atoms with Gasteiger partial charge in [-0.15, -0.1) is 5.10 Å². The van der Waals surface area contributed by atoms with Crippen LogP contribution in [0.5, 0.6) is 0 Å². The minimum Gasteiger partial charge on any atom is -0.356 e. The molecule has 1 aliphatic rings. The lowest BCUT2D eigenvalue weighted by Crippen LogP contribution is -2.50. The third kappa shape index (κ3) is 3.06. The molecule has 0 unspecified atom stereocenters. The molecule has 4 aromatic rings. The van der Waals surface area contributed by atoms with E-state index in [1.807, 2.05) is 32.9 Å². The summed E-state index contributed by atoms with van der Waals surface area (Å²) in [5.74, 6) is 2.54. The largest absolute Gasteiger partial charge is 0.356 e. The van der Waals surface area contributed by atoms with Gasteiger partial charge in [-0.2, -0.15) is 19.7 Å². The quantitative estimate of drug-likeness (QED) is 0.510. The van der Waals surface area contributed by atoms with Crippen molar-refractivity contribution in [1.29, 1.82) is 0 Å². The maximum Gasteiger partial charge on any atom is 0.266 e. The Morgan fingerprint density at radius 1 is 1.07 bits per heavy atom. The van der Waals surface area contributed by atoms with Crippen LogP contribution >= 0.6 is 0 Å². The van der Waals surface area contributed by atoms with Crippen molar-refractivity contribution in [2.75, 3.05) is 18.0 Å². The van der Waals surface area contributed by atoms with Crippen molar-refractivity contribution >= 4 is 11.6 Å². The molecule has 0 spiro atoms. The van der Waals surface area contributed by atoms with Gasteiger partial charge in [0.2, 0.25) is 0 Å². The van der Waals surface area contributed by atoms with E-state index in [0.717, 1.165) is 36.0 Å². The fourth-order valence-electron chi connectivity index (χ4n) is 3.80. The lowest BCUT2D eigenvalue weighted by molar-refractivity contribution is 0.330. The van der Waals surface area contributed by atoms with Gasteiger partial charge >= 0.3 is 0 Å². The van der Waals surface area contributed by atoms with Crippen molar-refractivity contribution < 1.29 is 0 Å². The third-order valence-corrected chi connectivity index (χ3v) is 5.15. The second-order valence-corrected chi connectivity index (χ2v) is 7.55. The highest BCUT2D eigenvalue weighted by Crippen LogP contribution is 2.25. The Hall–Kier alpha value is -3.56. The van der Waals surface area contributed by atoms with Gasteiger partial charge in [0.05, 0.1) is 12.2 Å². The van der Waals surface area contributed by atoms with Gasteiger partial charge in [-0.25, -0.2) is 14.3 Å². The topological polar surface area (TPSA) is 99.0 Å². The van der Waals surface area contributed by atoms with E-state index in [0.29, 0.717) is 24.1 Å². The molecular weight excluding hydrogens is 370 g/mol. The number of hydrogen-bond acceptors (Lipinski definition) is 7. The molecule has 10 heteroatoms. The summed E-state index contributed by atoms with van der Waals surface area (Å²) in [6.07, 6.45) is 1.51. The van der Waals surface area contributed by atoms with Crippen LogP contribution < -0.4 is 10.5 Å². The van der Waals surface area contributed by atoms with Crippen LogP contribution in [0.1, 0.15) is 17.1 Å². The van der Waals surface area contributed by atoms with Crippen molar-refractivity contribution in [3.05, 3.63) is 58.0 Å². The van der Waals surface area contributed by atoms with E-state index in [-0.39, 0.29) is 5.56 Å². The number of aryl methyl sites for hydroxylation is 3. The first-order chi connectivity index (χ1) is 14.0. The molecule has 0 radical (unpaired) electrons. The first-order valence-electron chi connectivity index (χ1n) is 9.52. The van der Waals surface area contributed by atoms with Gasteiger partial charge in [-0.05, 0) is 32.9 Å². The molecular formula is C19H21N9O. The van der Waals surface area contributed by atoms with Gasteiger partial charge in [-0.3, -0.25) is 4.79 Å². The Kier molecular flexibility index (Phi) is 3.93. The molecule has 148 valence electrons. The minimum atomic E-state index is -0.104. The maximum absolute atomic E-state index is 12.3. The average Bonchev–Trinajstić information content (AvgIpc) is 3.24. The Morgan fingerprint density at radius 2 is 1.90 bits per heavy atom. The van der Waals surface area contributed by atoms with Crippen LogP contribution in [0.15, 0.2) is 35.4 Å². The molecule has 1 saturated heterocycles. The Balaban J connectivity index is 1.35. The van der Waals surface area contributed by atoms with Crippen LogP contribution in [-0.4, -0.2) is 52.2 Å². The van der Waals surface area contributed by atoms with Crippen LogP contribution in [0.4, 0.5) is 5.82 Å². The van der Waals surface area contributed by atoms with Gasteiger partial charge < -0.3 is 4.90 Å². The Labute approximate surface area is 166 Å². The monoisotopic (exact) mass is 391 g/mol. The zero-order chi connectivity index (χ0) is 20.1. The summed E-state index contributed by atoms with van der Waals surface area (Å²) in [4.78, 5) is 23.1. The third-order valence-electron chi connectivity index (χ3n) is 5.15. The summed E-state index contributed by atoms with van der Waals surface area (Å²) in [5, 5.41) is 13.3. The van der Waals surface area contributed by atoms with Crippen molar-refractivity contribution in [2.45, 2.75) is 27.3 Å². The summed E-state index contributed by atoms with van der Waals surface area (Å²) in [6, 6.07) is 7.27. The predicted molar refractivity (Wildman–Crippen MR) is 106 cm³/mol. The highest BCUT2D eigenvalue weighted by molar-refractivity contribution is 5.49. The van der Waals surface area contributed by atoms with Crippen molar-refractivity contribution in [3.63, 3.8) is 0 Å². The van der Waals surface area contributed by atoms with Crippen molar-refractivity contribution in [2.24, 2.45) is 5.92 Å². The zero-order valence-electron chi connectivity index (χ0n) is 16.5. The zero-order valence-corrected chi connectivity index (χ0v) is 16.5. The number of nitrogens with zero attached hydrogens (tertiary/aromatic N) is 9. The summed E-state index contributed by atoms with van der Waals surface area (Å²) < 4.78 is 5.05. The SMILES string of the molecule is Cc1cc(N2CC(Cn3nc(-n4nc(C)cc4C)ccc3=O)C2)n2ncnc2n1. The normalized spacial score (nSPS) is 14.5. The summed E-state index contributed by atoms with van der Waals surface area (Å²) in [6.45, 7) is 8.06. The Bertz CT molecular complexity index is 1260. The van der Waals surface area contributed by atoms with E-state index in [4.69, 9.17) is 0 Å². The summed E-state index contributed by atoms with van der Waals surface area (Å²) >= 11 is 0. The van der Waals surface area contributed by atoms with Crippen LogP contribution in [0.3, 0.4) is 0 Å². The van der Waals surface area contributed by atoms with Crippen LogP contribution in [0.2, 0.25) is 0 Å². The smallest absolute Gasteiger partial charge is 0.266 e. The van der Waals surface area contributed by atoms with E-state index in [1.54, 1.807) is 21.3 Å². The molecule has 0 aliphatic carbocycles. The van der Waals surface area contributed by atoms with Crippen LogP contribution in [-0.2, 0) is 6.54 Å². The second-order valence-electron chi connectivity index (χ2n) is 7.55. The molecule has 10 nitrogen and oxygen atoms in total. The first kappa shape index (κ1) is 17.5. The Morgan fingerprint density at radius 3 is 2.66 bits per heavy atom. The van der Waals surface area contributed by atoms with E-state index < -0.39 is 0 Å². The summed E-state index contributed by atoms with van der Waals surface area (Å²) in [7, 11) is 0. The molecule has 0 amide bonds. The molecule has 1 aliphatic heterocycles. The van der Waals surface area contributed by atoms with Gasteiger partial charge in [0.25, 0.3) is 11.3 Å². The molecule has 0 atom stereocenters. The standard InChI is InChI=1S/C19H21N9O/c1-12-7-17(28-19(22-12)20-11-21-28)25-8-15(9-25)10-26-18(29)5-4-16(24-26)27-14(3)6-13(2)23-27/h4-7,11,15H,8-10H2,1-3H3. The lowest BCUT2D eigenvalue weighted by Gasteiger charge is -2.40. The summed E-state index contributed by atoms with van der Waals surface area (Å²) in [5.41, 5.74) is 2.70. The highest BCUT2D eigenvalue weighted by Gasteiger charge is 2.30. The predicted octanol–water partition coefficient (Wildman–Crippen LogP) is 0.928. The molecule has 29 heavy (non-hydrogen) atoms. The number of hydrogen-bond donors (Lipinski definition) is 0. The van der Waals surface area contributed by atoms with Gasteiger partial charge in [0.1, 0.15) is 12.1 Å². The van der Waals surface area contributed by atoms with Gasteiger partial charge in [-0.1, -0.05) is 0 Å². The number of aromatic nitrogens is 8. The molecule has 0 N–H and O–H groups in total. The second kappa shape index (κ2) is 6.50. The maximum atomic E-state index is 12.3. The number of rotatable bonds is 4. The van der Waals surface area contributed by atoms with Crippen LogP contribution in [0, 0.1) is 26.7 Å². The fraction of sp³-hybridized carbons (Fsp3) is 0.368. The van der Waals surface area contributed by atoms with E-state index in [9.17, 15) is 4.79 Å². The van der Waals surface area contributed by atoms with Crippen molar-refractivity contribution in [3.8, 4) is 5.82 Å². The highest BCUT2D eigenvalue weighted by atomic mass is 16.1. The van der Waals surface area contributed by atoms with E-state index in [2.05, 4.69) is 30.2 Å². The molecule has 5 heterocycles. The molecule has 0 saturated carbocycles. The van der Waals surface area contributed by atoms with E-state index in [1.165, 1.54) is 11.0 Å². The lowest BCUT2D eigenvalue weighted by atomic mass is 10.0. The molecule has 5 rings (SSSR count). The van der Waals surface area contributed by atoms with Crippen LogP contribution in [0.25, 0.3) is 11.6 Å². The van der Waals surface area contributed by atoms with Gasteiger partial charge in [0, 0.05) is 42.5 Å². The van der Waals surface area contributed by atoms with E-state index >= 15 is 0 Å². The first-order valence-corrected chi connectivity index (χ1v) is 9.52. The molecule has 1 fully saturated rings. The van der Waals surface area contributed by atoms with Crippen molar-refractivity contribution in [1.82, 2.24) is 39.1 Å². The average molecular weight is 391 g/mol. The minimum absolute atomic E-state index is 0.104. The molecule has 4 aromatic heterocycles. The molecule has 0 aromatic carbocycles. The number of fused-ring (bicyclic) bond motifs is 1. The van der Waals surface area contributed by atoms with Gasteiger partial charge in [0.15, 0.2) is 5.82 Å². The number of anilines is 1. The fourth-order valence-corrected chi connectivity index (χ4v) is 3.80. The molecule has 0 bridgehead atoms.